The van der Waals surface area contributed by atoms with Crippen molar-refractivity contribution in [1.82, 2.24) is 15.3 Å². The van der Waals surface area contributed by atoms with E-state index in [4.69, 9.17) is 0 Å². The van der Waals surface area contributed by atoms with Gasteiger partial charge in [-0.3, -0.25) is 9.59 Å². The van der Waals surface area contributed by atoms with Gasteiger partial charge in [-0.05, 0) is 35.6 Å². The van der Waals surface area contributed by atoms with Crippen molar-refractivity contribution in [2.24, 2.45) is 0 Å². The van der Waals surface area contributed by atoms with Gasteiger partial charge in [-0.2, -0.15) is 11.3 Å². The smallest absolute Gasteiger partial charge is 0.256 e. The second kappa shape index (κ2) is 11.6. The van der Waals surface area contributed by atoms with Gasteiger partial charge in [0.05, 0.1) is 22.9 Å². The van der Waals surface area contributed by atoms with Crippen molar-refractivity contribution in [3.63, 3.8) is 0 Å². The Morgan fingerprint density at radius 1 is 1.06 bits per heavy atom. The average Bonchev–Trinajstić information content (AvgIpc) is 3.44. The van der Waals surface area contributed by atoms with Crippen LogP contribution in [0.2, 0.25) is 0 Å². The first-order chi connectivity index (χ1) is 17.4. The number of carbonyl (C=O) groups is 2. The number of amides is 2. The highest BCUT2D eigenvalue weighted by atomic mass is 32.1. The minimum atomic E-state index is -0.815. The molecule has 184 valence electrons. The van der Waals surface area contributed by atoms with E-state index >= 15 is 0 Å². The fraction of sp³-hybridized carbons (Fsp3) is 0.185. The van der Waals surface area contributed by atoms with Gasteiger partial charge in [0.1, 0.15) is 0 Å². The summed E-state index contributed by atoms with van der Waals surface area (Å²) in [6.07, 6.45) is 1.00. The summed E-state index contributed by atoms with van der Waals surface area (Å²) in [5.74, 6) is -0.0122. The highest BCUT2D eigenvalue weighted by Gasteiger charge is 2.18. The van der Waals surface area contributed by atoms with E-state index in [2.05, 4.69) is 20.6 Å². The number of nitrogens with one attached hydrogen (secondary N) is 2. The first kappa shape index (κ1) is 25.0. The summed E-state index contributed by atoms with van der Waals surface area (Å²) in [5, 5.41) is 20.0. The largest absolute Gasteiger partial charge is 0.388 e. The Morgan fingerprint density at radius 3 is 2.58 bits per heavy atom. The number of aromatic nitrogens is 2. The zero-order valence-electron chi connectivity index (χ0n) is 20.0. The second-order valence-corrected chi connectivity index (χ2v) is 9.12. The first-order valence-corrected chi connectivity index (χ1v) is 12.4. The van der Waals surface area contributed by atoms with E-state index in [1.165, 1.54) is 17.5 Å². The molecular formula is C27H27N5O3S. The summed E-state index contributed by atoms with van der Waals surface area (Å²) in [7, 11) is 3.68. The molecule has 2 aromatic carbocycles. The zero-order chi connectivity index (χ0) is 25.5. The Hall–Kier alpha value is -4.08. The average molecular weight is 502 g/mol. The van der Waals surface area contributed by atoms with Crippen LogP contribution in [0.3, 0.4) is 0 Å². The number of hydrogen-bond donors (Lipinski definition) is 3. The van der Waals surface area contributed by atoms with E-state index in [1.54, 1.807) is 40.6 Å². The predicted molar refractivity (Wildman–Crippen MR) is 142 cm³/mol. The van der Waals surface area contributed by atoms with Crippen molar-refractivity contribution in [1.29, 1.82) is 0 Å². The molecule has 0 saturated carbocycles. The van der Waals surface area contributed by atoms with Gasteiger partial charge in [-0.1, -0.05) is 42.5 Å². The van der Waals surface area contributed by atoms with E-state index in [0.717, 1.165) is 5.56 Å². The summed E-state index contributed by atoms with van der Waals surface area (Å²) >= 11 is 1.45. The summed E-state index contributed by atoms with van der Waals surface area (Å²) < 4.78 is 0. The third kappa shape index (κ3) is 6.12. The lowest BCUT2D eigenvalue weighted by molar-refractivity contribution is 0.0941. The van der Waals surface area contributed by atoms with Gasteiger partial charge in [-0.25, -0.2) is 9.97 Å². The third-order valence-corrected chi connectivity index (χ3v) is 6.17. The fourth-order valence-electron chi connectivity index (χ4n) is 3.58. The SMILES string of the molecule is CN(C)c1ncc(C(=O)NCCC(O)c2cccc(NC(=O)c3ccsc3)c2)c(-c2ccccc2)n1. The number of thiophene rings is 1. The molecule has 0 spiro atoms. The Bertz CT molecular complexity index is 1330. The highest BCUT2D eigenvalue weighted by molar-refractivity contribution is 7.08. The molecule has 0 fully saturated rings. The van der Waals surface area contributed by atoms with Crippen molar-refractivity contribution in [2.75, 3.05) is 30.9 Å². The van der Waals surface area contributed by atoms with Gasteiger partial charge in [0.15, 0.2) is 0 Å². The molecule has 0 saturated heterocycles. The van der Waals surface area contributed by atoms with Gasteiger partial charge in [-0.15, -0.1) is 0 Å². The van der Waals surface area contributed by atoms with Crippen molar-refractivity contribution in [3.8, 4) is 11.3 Å². The van der Waals surface area contributed by atoms with Crippen LogP contribution in [0.4, 0.5) is 11.6 Å². The lowest BCUT2D eigenvalue weighted by Gasteiger charge is -2.16. The number of benzene rings is 2. The van der Waals surface area contributed by atoms with E-state index in [-0.39, 0.29) is 18.4 Å². The first-order valence-electron chi connectivity index (χ1n) is 11.4. The van der Waals surface area contributed by atoms with Crippen LogP contribution < -0.4 is 15.5 Å². The Balaban J connectivity index is 1.40. The molecule has 2 heterocycles. The third-order valence-electron chi connectivity index (χ3n) is 5.48. The van der Waals surface area contributed by atoms with Crippen molar-refractivity contribution in [2.45, 2.75) is 12.5 Å². The molecule has 2 aromatic heterocycles. The van der Waals surface area contributed by atoms with E-state index < -0.39 is 6.10 Å². The molecular weight excluding hydrogens is 474 g/mol. The van der Waals surface area contributed by atoms with Gasteiger partial charge >= 0.3 is 0 Å². The van der Waals surface area contributed by atoms with Crippen LogP contribution >= 0.6 is 11.3 Å². The van der Waals surface area contributed by atoms with Crippen LogP contribution in [0.1, 0.15) is 38.8 Å². The number of anilines is 2. The van der Waals surface area contributed by atoms with Crippen LogP contribution in [0, 0.1) is 0 Å². The maximum Gasteiger partial charge on any atom is 0.256 e. The van der Waals surface area contributed by atoms with Crippen molar-refractivity contribution >= 4 is 34.8 Å². The minimum Gasteiger partial charge on any atom is -0.388 e. The molecule has 36 heavy (non-hydrogen) atoms. The van der Waals surface area contributed by atoms with Crippen LogP contribution in [-0.4, -0.2) is 47.5 Å². The lowest BCUT2D eigenvalue weighted by atomic mass is 10.0. The standard InChI is InChI=1S/C27H27N5O3S/c1-32(2)27-29-16-22(24(31-27)18-7-4-3-5-8-18)26(35)28-13-11-23(33)19-9-6-10-21(15-19)30-25(34)20-12-14-36-17-20/h3-10,12,14-17,23,33H,11,13H2,1-2H3,(H,28,35)(H,30,34). The molecule has 1 unspecified atom stereocenters. The molecule has 2 amide bonds. The molecule has 0 aliphatic carbocycles. The van der Waals surface area contributed by atoms with Crippen LogP contribution in [0.15, 0.2) is 77.6 Å². The van der Waals surface area contributed by atoms with Gasteiger partial charge < -0.3 is 20.6 Å². The number of nitrogens with zero attached hydrogens (tertiary/aromatic N) is 3. The Kier molecular flexibility index (Phi) is 8.04. The summed E-state index contributed by atoms with van der Waals surface area (Å²) in [6, 6.07) is 18.3. The van der Waals surface area contributed by atoms with Gasteiger partial charge in [0.2, 0.25) is 5.95 Å². The normalized spacial score (nSPS) is 11.5. The Morgan fingerprint density at radius 2 is 1.86 bits per heavy atom. The predicted octanol–water partition coefficient (Wildman–Crippen LogP) is 4.38. The molecule has 1 atom stereocenters. The zero-order valence-corrected chi connectivity index (χ0v) is 20.8. The summed E-state index contributed by atoms with van der Waals surface area (Å²) in [5.41, 5.74) is 3.55. The maximum absolute atomic E-state index is 13.0. The topological polar surface area (TPSA) is 107 Å². The highest BCUT2D eigenvalue weighted by Crippen LogP contribution is 2.24. The lowest BCUT2D eigenvalue weighted by Crippen LogP contribution is -2.27. The molecule has 4 aromatic rings. The van der Waals surface area contributed by atoms with Crippen molar-refractivity contribution in [3.05, 3.63) is 94.3 Å². The summed E-state index contributed by atoms with van der Waals surface area (Å²) in [6.45, 7) is 0.245. The quantitative estimate of drug-likeness (QED) is 0.314. The summed E-state index contributed by atoms with van der Waals surface area (Å²) in [4.78, 5) is 35.9. The number of rotatable bonds is 9. The molecule has 0 aliphatic heterocycles. The van der Waals surface area contributed by atoms with Crippen LogP contribution in [0.25, 0.3) is 11.3 Å². The second-order valence-electron chi connectivity index (χ2n) is 8.34. The monoisotopic (exact) mass is 501 g/mol. The molecule has 0 bridgehead atoms. The fourth-order valence-corrected chi connectivity index (χ4v) is 4.21. The number of carbonyl (C=O) groups excluding carboxylic acids is 2. The van der Waals surface area contributed by atoms with E-state index in [9.17, 15) is 14.7 Å². The van der Waals surface area contributed by atoms with Crippen molar-refractivity contribution < 1.29 is 14.7 Å². The number of aliphatic hydroxyl groups is 1. The Labute approximate surface area is 213 Å². The maximum atomic E-state index is 13.0. The molecule has 9 heteroatoms. The molecule has 8 nitrogen and oxygen atoms in total. The molecule has 0 aliphatic rings. The van der Waals surface area contributed by atoms with E-state index in [1.807, 2.05) is 49.8 Å². The number of aliphatic hydroxyl groups excluding tert-OH is 1. The number of hydrogen-bond acceptors (Lipinski definition) is 7. The minimum absolute atomic E-state index is 0.202. The van der Waals surface area contributed by atoms with Crippen LogP contribution in [0.5, 0.6) is 0 Å². The molecule has 0 radical (unpaired) electrons. The van der Waals surface area contributed by atoms with Crippen LogP contribution in [-0.2, 0) is 0 Å². The van der Waals surface area contributed by atoms with Gasteiger partial charge in [0.25, 0.3) is 11.8 Å². The van der Waals surface area contributed by atoms with Gasteiger partial charge in [0, 0.05) is 43.5 Å². The molecule has 3 N–H and O–H groups in total. The van der Waals surface area contributed by atoms with E-state index in [0.29, 0.717) is 40.4 Å². The molecule has 4 rings (SSSR count).